The zero-order valence-electron chi connectivity index (χ0n) is 9.15. The third-order valence-corrected chi connectivity index (χ3v) is 2.48. The van der Waals surface area contributed by atoms with Crippen LogP contribution in [0.25, 0.3) is 10.9 Å². The molecule has 2 aromatic carbocycles. The first-order valence-corrected chi connectivity index (χ1v) is 5.28. The van der Waals surface area contributed by atoms with Crippen LogP contribution in [-0.4, -0.2) is 10.2 Å². The van der Waals surface area contributed by atoms with Crippen molar-refractivity contribution in [2.24, 2.45) is 0 Å². The van der Waals surface area contributed by atoms with Crippen molar-refractivity contribution in [2.45, 2.75) is 0 Å². The summed E-state index contributed by atoms with van der Waals surface area (Å²) < 4.78 is 31.4. The summed E-state index contributed by atoms with van der Waals surface area (Å²) >= 11 is 0. The molecule has 0 radical (unpaired) electrons. The largest absolute Gasteiger partial charge is 0.457 e. The fraction of sp³-hybridized carbons (Fsp3) is 0. The molecule has 1 aromatic heterocycles. The molecule has 90 valence electrons. The molecule has 3 rings (SSSR count). The maximum atomic E-state index is 13.0. The van der Waals surface area contributed by atoms with Crippen LogP contribution in [-0.2, 0) is 0 Å². The second-order valence-electron chi connectivity index (χ2n) is 3.83. The van der Waals surface area contributed by atoms with Crippen molar-refractivity contribution in [3.8, 4) is 11.5 Å². The van der Waals surface area contributed by atoms with Crippen LogP contribution in [0.3, 0.4) is 0 Å². The molecule has 1 N–H and O–H groups in total. The van der Waals surface area contributed by atoms with E-state index in [2.05, 4.69) is 10.2 Å². The Morgan fingerprint density at radius 2 is 1.72 bits per heavy atom. The first-order valence-electron chi connectivity index (χ1n) is 5.28. The molecule has 0 amide bonds. The number of fused-ring (bicyclic) bond motifs is 1. The SMILES string of the molecule is Fc1cc(F)cc(Oc2ccc3[nH]ncc3c2)c1. The van der Waals surface area contributed by atoms with E-state index in [4.69, 9.17) is 4.74 Å². The van der Waals surface area contributed by atoms with Gasteiger partial charge in [0.15, 0.2) is 0 Å². The molecule has 0 aliphatic carbocycles. The molecule has 0 spiro atoms. The van der Waals surface area contributed by atoms with E-state index >= 15 is 0 Å². The lowest BCUT2D eigenvalue weighted by atomic mass is 10.2. The number of benzene rings is 2. The van der Waals surface area contributed by atoms with Crippen molar-refractivity contribution in [2.75, 3.05) is 0 Å². The second-order valence-corrected chi connectivity index (χ2v) is 3.83. The average molecular weight is 246 g/mol. The van der Waals surface area contributed by atoms with Gasteiger partial charge in [0.05, 0.1) is 11.7 Å². The summed E-state index contributed by atoms with van der Waals surface area (Å²) in [6, 6.07) is 8.27. The van der Waals surface area contributed by atoms with Crippen molar-refractivity contribution in [3.63, 3.8) is 0 Å². The normalized spacial score (nSPS) is 10.8. The van der Waals surface area contributed by atoms with Crippen molar-refractivity contribution in [1.82, 2.24) is 10.2 Å². The first-order chi connectivity index (χ1) is 8.70. The number of aromatic amines is 1. The van der Waals surface area contributed by atoms with E-state index < -0.39 is 11.6 Å². The van der Waals surface area contributed by atoms with Gasteiger partial charge in [0.1, 0.15) is 23.1 Å². The number of halogens is 2. The van der Waals surface area contributed by atoms with E-state index in [1.54, 1.807) is 24.4 Å². The number of aromatic nitrogens is 2. The molecule has 0 saturated heterocycles. The van der Waals surface area contributed by atoms with E-state index in [9.17, 15) is 8.78 Å². The molecule has 3 aromatic rings. The van der Waals surface area contributed by atoms with Gasteiger partial charge in [-0.25, -0.2) is 8.78 Å². The Kier molecular flexibility index (Phi) is 2.44. The highest BCUT2D eigenvalue weighted by molar-refractivity contribution is 5.79. The summed E-state index contributed by atoms with van der Waals surface area (Å²) in [6.07, 6.45) is 1.65. The van der Waals surface area contributed by atoms with Crippen LogP contribution >= 0.6 is 0 Å². The molecule has 0 aliphatic heterocycles. The maximum absolute atomic E-state index is 13.0. The molecule has 0 bridgehead atoms. The highest BCUT2D eigenvalue weighted by atomic mass is 19.1. The summed E-state index contributed by atoms with van der Waals surface area (Å²) in [4.78, 5) is 0. The molecular weight excluding hydrogens is 238 g/mol. The molecule has 0 saturated carbocycles. The molecule has 3 nitrogen and oxygen atoms in total. The number of hydrogen-bond acceptors (Lipinski definition) is 2. The van der Waals surface area contributed by atoms with Gasteiger partial charge in [-0.3, -0.25) is 5.10 Å². The van der Waals surface area contributed by atoms with Gasteiger partial charge < -0.3 is 4.74 Å². The molecule has 0 fully saturated rings. The summed E-state index contributed by atoms with van der Waals surface area (Å²) in [5, 5.41) is 7.55. The lowest BCUT2D eigenvalue weighted by molar-refractivity contribution is 0.469. The second kappa shape index (κ2) is 4.10. The lowest BCUT2D eigenvalue weighted by Gasteiger charge is -2.05. The van der Waals surface area contributed by atoms with E-state index in [1.807, 2.05) is 0 Å². The smallest absolute Gasteiger partial charge is 0.133 e. The van der Waals surface area contributed by atoms with Crippen molar-refractivity contribution >= 4 is 10.9 Å². The Morgan fingerprint density at radius 3 is 2.50 bits per heavy atom. The molecule has 1 heterocycles. The molecule has 0 atom stereocenters. The molecule has 18 heavy (non-hydrogen) atoms. The van der Waals surface area contributed by atoms with Crippen LogP contribution in [0.1, 0.15) is 0 Å². The van der Waals surface area contributed by atoms with Gasteiger partial charge in [-0.15, -0.1) is 0 Å². The average Bonchev–Trinajstić information content (AvgIpc) is 2.74. The zero-order valence-corrected chi connectivity index (χ0v) is 9.15. The molecule has 0 aliphatic rings. The summed E-state index contributed by atoms with van der Waals surface area (Å²) in [6.45, 7) is 0. The summed E-state index contributed by atoms with van der Waals surface area (Å²) in [7, 11) is 0. The minimum Gasteiger partial charge on any atom is -0.457 e. The standard InChI is InChI=1S/C13H8F2N2O/c14-9-4-10(15)6-12(5-9)18-11-1-2-13-8(3-11)7-16-17-13/h1-7H,(H,16,17). The number of rotatable bonds is 2. The van der Waals surface area contributed by atoms with Gasteiger partial charge in [0.2, 0.25) is 0 Å². The maximum Gasteiger partial charge on any atom is 0.133 e. The van der Waals surface area contributed by atoms with Crippen LogP contribution in [0.15, 0.2) is 42.6 Å². The minimum atomic E-state index is -0.672. The highest BCUT2D eigenvalue weighted by Crippen LogP contribution is 2.25. The fourth-order valence-electron chi connectivity index (χ4n) is 1.71. The van der Waals surface area contributed by atoms with Gasteiger partial charge in [-0.05, 0) is 18.2 Å². The van der Waals surface area contributed by atoms with Gasteiger partial charge in [-0.1, -0.05) is 0 Å². The molecular formula is C13H8F2N2O. The van der Waals surface area contributed by atoms with Gasteiger partial charge >= 0.3 is 0 Å². The predicted octanol–water partition coefficient (Wildman–Crippen LogP) is 3.63. The van der Waals surface area contributed by atoms with Crippen molar-refractivity contribution in [1.29, 1.82) is 0 Å². The van der Waals surface area contributed by atoms with Crippen LogP contribution in [0, 0.1) is 11.6 Å². The number of nitrogens with zero attached hydrogens (tertiary/aromatic N) is 1. The van der Waals surface area contributed by atoms with Gasteiger partial charge in [-0.2, -0.15) is 5.10 Å². The Hall–Kier alpha value is -2.43. The van der Waals surface area contributed by atoms with Crippen LogP contribution < -0.4 is 4.74 Å². The Labute approximate surface area is 101 Å². The number of nitrogens with one attached hydrogen (secondary N) is 1. The summed E-state index contributed by atoms with van der Waals surface area (Å²) in [5.41, 5.74) is 0.868. The molecule has 5 heteroatoms. The topological polar surface area (TPSA) is 37.9 Å². The van der Waals surface area contributed by atoms with E-state index in [1.165, 1.54) is 0 Å². The minimum absolute atomic E-state index is 0.121. The molecule has 0 unspecified atom stereocenters. The number of H-pyrrole nitrogens is 1. The lowest BCUT2D eigenvalue weighted by Crippen LogP contribution is -1.87. The Morgan fingerprint density at radius 1 is 0.944 bits per heavy atom. The zero-order chi connectivity index (χ0) is 12.5. The van der Waals surface area contributed by atoms with Crippen molar-refractivity contribution < 1.29 is 13.5 Å². The third kappa shape index (κ3) is 2.02. The van der Waals surface area contributed by atoms with Crippen molar-refractivity contribution in [3.05, 3.63) is 54.2 Å². The Bertz CT molecular complexity index is 689. The monoisotopic (exact) mass is 246 g/mol. The van der Waals surface area contributed by atoms with Gasteiger partial charge in [0.25, 0.3) is 0 Å². The van der Waals surface area contributed by atoms with E-state index in [0.717, 1.165) is 29.1 Å². The summed E-state index contributed by atoms with van der Waals surface area (Å²) in [5.74, 6) is -0.729. The van der Waals surface area contributed by atoms with E-state index in [0.29, 0.717) is 5.75 Å². The first kappa shape index (κ1) is 10.7. The highest BCUT2D eigenvalue weighted by Gasteiger charge is 2.04. The fourth-order valence-corrected chi connectivity index (χ4v) is 1.71. The number of hydrogen-bond donors (Lipinski definition) is 1. The van der Waals surface area contributed by atoms with E-state index in [-0.39, 0.29) is 5.75 Å². The van der Waals surface area contributed by atoms with Gasteiger partial charge in [0, 0.05) is 23.6 Å². The van der Waals surface area contributed by atoms with Crippen LogP contribution in [0.4, 0.5) is 8.78 Å². The predicted molar refractivity (Wildman–Crippen MR) is 62.5 cm³/mol. The Balaban J connectivity index is 1.95. The van der Waals surface area contributed by atoms with Crippen LogP contribution in [0.2, 0.25) is 0 Å². The number of ether oxygens (including phenoxy) is 1. The quantitative estimate of drug-likeness (QED) is 0.749. The third-order valence-electron chi connectivity index (χ3n) is 2.48. The van der Waals surface area contributed by atoms with Crippen LogP contribution in [0.5, 0.6) is 11.5 Å².